The van der Waals surface area contributed by atoms with Gasteiger partial charge in [-0.25, -0.2) is 0 Å². The van der Waals surface area contributed by atoms with Crippen LogP contribution in [0.1, 0.15) is 65.2 Å². The first-order chi connectivity index (χ1) is 9.20. The molecule has 2 aliphatic rings. The van der Waals surface area contributed by atoms with E-state index in [1.807, 2.05) is 0 Å². The first kappa shape index (κ1) is 14.8. The summed E-state index contributed by atoms with van der Waals surface area (Å²) in [4.78, 5) is 12.3. The third-order valence-electron chi connectivity index (χ3n) is 4.94. The van der Waals surface area contributed by atoms with Crippen LogP contribution >= 0.6 is 0 Å². The van der Waals surface area contributed by atoms with E-state index in [4.69, 9.17) is 0 Å². The number of hydrogen-bond donors (Lipinski definition) is 2. The minimum absolute atomic E-state index is 0.0436. The molecule has 2 N–H and O–H groups in total. The maximum absolute atomic E-state index is 12.3. The molecular weight excluding hydrogens is 236 g/mol. The van der Waals surface area contributed by atoms with Crippen LogP contribution in [0.25, 0.3) is 0 Å². The topological polar surface area (TPSA) is 41.1 Å². The molecule has 1 amide bonds. The standard InChI is InChI=1S/C16H30N2O/c1-3-5-13-7-9-14(10-8-13)18-16(19)15-12(2)6-4-11-17-15/h12-15,17H,3-11H2,1-2H3,(H,18,19). The molecule has 3 nitrogen and oxygen atoms in total. The number of rotatable bonds is 4. The Morgan fingerprint density at radius 1 is 1.21 bits per heavy atom. The Kier molecular flexibility index (Phi) is 5.68. The Labute approximate surface area is 117 Å². The first-order valence-corrected chi connectivity index (χ1v) is 8.24. The normalized spacial score (nSPS) is 35.9. The van der Waals surface area contributed by atoms with Gasteiger partial charge < -0.3 is 10.6 Å². The van der Waals surface area contributed by atoms with Crippen molar-refractivity contribution in [2.75, 3.05) is 6.54 Å². The van der Waals surface area contributed by atoms with Gasteiger partial charge in [-0.1, -0.05) is 26.7 Å². The molecule has 2 rings (SSSR count). The highest BCUT2D eigenvalue weighted by molar-refractivity contribution is 5.82. The summed E-state index contributed by atoms with van der Waals surface area (Å²) in [5.41, 5.74) is 0. The van der Waals surface area contributed by atoms with Gasteiger partial charge in [0, 0.05) is 6.04 Å². The Morgan fingerprint density at radius 3 is 2.58 bits per heavy atom. The van der Waals surface area contributed by atoms with Crippen LogP contribution < -0.4 is 10.6 Å². The molecule has 3 heteroatoms. The molecule has 1 aliphatic carbocycles. The SMILES string of the molecule is CCCC1CCC(NC(=O)C2NCCCC2C)CC1. The number of amides is 1. The minimum Gasteiger partial charge on any atom is -0.352 e. The molecule has 0 aromatic carbocycles. The van der Waals surface area contributed by atoms with E-state index in [9.17, 15) is 4.79 Å². The lowest BCUT2D eigenvalue weighted by atomic mass is 9.83. The molecule has 1 heterocycles. The van der Waals surface area contributed by atoms with E-state index in [1.54, 1.807) is 0 Å². The van der Waals surface area contributed by atoms with Crippen molar-refractivity contribution in [3.05, 3.63) is 0 Å². The van der Waals surface area contributed by atoms with E-state index in [-0.39, 0.29) is 11.9 Å². The molecule has 2 fully saturated rings. The van der Waals surface area contributed by atoms with Gasteiger partial charge in [-0.15, -0.1) is 0 Å². The minimum atomic E-state index is 0.0436. The molecule has 0 spiro atoms. The zero-order valence-corrected chi connectivity index (χ0v) is 12.6. The van der Waals surface area contributed by atoms with Gasteiger partial charge in [-0.05, 0) is 56.9 Å². The second-order valence-corrected chi connectivity index (χ2v) is 6.57. The summed E-state index contributed by atoms with van der Waals surface area (Å²) in [7, 11) is 0. The molecule has 0 bridgehead atoms. The van der Waals surface area contributed by atoms with Crippen molar-refractivity contribution in [3.63, 3.8) is 0 Å². The summed E-state index contributed by atoms with van der Waals surface area (Å²) < 4.78 is 0. The predicted molar refractivity (Wildman–Crippen MR) is 79.0 cm³/mol. The average molecular weight is 266 g/mol. The van der Waals surface area contributed by atoms with E-state index in [0.29, 0.717) is 12.0 Å². The van der Waals surface area contributed by atoms with Gasteiger partial charge in [0.2, 0.25) is 5.91 Å². The van der Waals surface area contributed by atoms with Crippen LogP contribution in [0.3, 0.4) is 0 Å². The molecule has 2 unspecified atom stereocenters. The predicted octanol–water partition coefficient (Wildman–Crippen LogP) is 2.85. The van der Waals surface area contributed by atoms with Crippen LogP contribution in [0.2, 0.25) is 0 Å². The maximum atomic E-state index is 12.3. The molecular formula is C16H30N2O. The van der Waals surface area contributed by atoms with E-state index in [2.05, 4.69) is 24.5 Å². The first-order valence-electron chi connectivity index (χ1n) is 8.24. The number of carbonyl (C=O) groups excluding carboxylic acids is 1. The molecule has 1 aliphatic heterocycles. The van der Waals surface area contributed by atoms with E-state index < -0.39 is 0 Å². The highest BCUT2D eigenvalue weighted by atomic mass is 16.2. The van der Waals surface area contributed by atoms with Crippen molar-refractivity contribution in [2.24, 2.45) is 11.8 Å². The van der Waals surface area contributed by atoms with Gasteiger partial charge in [0.1, 0.15) is 0 Å². The summed E-state index contributed by atoms with van der Waals surface area (Å²) in [6.07, 6.45) is 9.99. The number of hydrogen-bond acceptors (Lipinski definition) is 2. The monoisotopic (exact) mass is 266 g/mol. The van der Waals surface area contributed by atoms with Crippen LogP contribution in [0, 0.1) is 11.8 Å². The van der Waals surface area contributed by atoms with Gasteiger partial charge in [-0.2, -0.15) is 0 Å². The highest BCUT2D eigenvalue weighted by Gasteiger charge is 2.29. The fraction of sp³-hybridized carbons (Fsp3) is 0.938. The fourth-order valence-corrected chi connectivity index (χ4v) is 3.70. The van der Waals surface area contributed by atoms with Crippen molar-refractivity contribution >= 4 is 5.91 Å². The van der Waals surface area contributed by atoms with Crippen LogP contribution in [0.15, 0.2) is 0 Å². The molecule has 110 valence electrons. The molecule has 19 heavy (non-hydrogen) atoms. The van der Waals surface area contributed by atoms with Gasteiger partial charge in [-0.3, -0.25) is 4.79 Å². The van der Waals surface area contributed by atoms with E-state index in [1.165, 1.54) is 51.4 Å². The Bertz CT molecular complexity index is 284. The van der Waals surface area contributed by atoms with Crippen LogP contribution in [-0.2, 0) is 4.79 Å². The summed E-state index contributed by atoms with van der Waals surface area (Å²) in [6, 6.07) is 0.471. The lowest BCUT2D eigenvalue weighted by molar-refractivity contribution is -0.125. The quantitative estimate of drug-likeness (QED) is 0.821. The Balaban J connectivity index is 1.74. The second kappa shape index (κ2) is 7.28. The third kappa shape index (κ3) is 4.20. The summed E-state index contributed by atoms with van der Waals surface area (Å²) in [5.74, 6) is 1.63. The van der Waals surface area contributed by atoms with Crippen molar-refractivity contribution in [2.45, 2.75) is 77.3 Å². The van der Waals surface area contributed by atoms with Crippen molar-refractivity contribution < 1.29 is 4.79 Å². The second-order valence-electron chi connectivity index (χ2n) is 6.57. The molecule has 0 radical (unpaired) electrons. The van der Waals surface area contributed by atoms with Gasteiger partial charge >= 0.3 is 0 Å². The van der Waals surface area contributed by atoms with Crippen molar-refractivity contribution in [1.82, 2.24) is 10.6 Å². The summed E-state index contributed by atoms with van der Waals surface area (Å²) >= 11 is 0. The van der Waals surface area contributed by atoms with Crippen molar-refractivity contribution in [1.29, 1.82) is 0 Å². The number of nitrogens with one attached hydrogen (secondary N) is 2. The smallest absolute Gasteiger partial charge is 0.237 e. The van der Waals surface area contributed by atoms with Crippen molar-refractivity contribution in [3.8, 4) is 0 Å². The number of carbonyl (C=O) groups is 1. The zero-order valence-electron chi connectivity index (χ0n) is 12.6. The van der Waals surface area contributed by atoms with Gasteiger partial charge in [0.15, 0.2) is 0 Å². The summed E-state index contributed by atoms with van der Waals surface area (Å²) in [5, 5.41) is 6.66. The largest absolute Gasteiger partial charge is 0.352 e. The van der Waals surface area contributed by atoms with E-state index in [0.717, 1.165) is 12.5 Å². The lowest BCUT2D eigenvalue weighted by Gasteiger charge is -2.33. The Hall–Kier alpha value is -0.570. The highest BCUT2D eigenvalue weighted by Crippen LogP contribution is 2.28. The molecule has 1 saturated heterocycles. The molecule has 1 saturated carbocycles. The number of piperidine rings is 1. The van der Waals surface area contributed by atoms with Crippen LogP contribution in [0.4, 0.5) is 0 Å². The average Bonchev–Trinajstić information content (AvgIpc) is 2.42. The lowest BCUT2D eigenvalue weighted by Crippen LogP contribution is -2.53. The van der Waals surface area contributed by atoms with Gasteiger partial charge in [0.05, 0.1) is 6.04 Å². The maximum Gasteiger partial charge on any atom is 0.237 e. The fourth-order valence-electron chi connectivity index (χ4n) is 3.70. The third-order valence-corrected chi connectivity index (χ3v) is 4.94. The zero-order chi connectivity index (χ0) is 13.7. The summed E-state index contributed by atoms with van der Waals surface area (Å²) in [6.45, 7) is 5.45. The van der Waals surface area contributed by atoms with Crippen LogP contribution in [0.5, 0.6) is 0 Å². The molecule has 2 atom stereocenters. The van der Waals surface area contributed by atoms with Gasteiger partial charge in [0.25, 0.3) is 0 Å². The van der Waals surface area contributed by atoms with E-state index >= 15 is 0 Å². The molecule has 0 aromatic heterocycles. The Morgan fingerprint density at radius 2 is 1.95 bits per heavy atom. The van der Waals surface area contributed by atoms with Crippen LogP contribution in [-0.4, -0.2) is 24.5 Å². The molecule has 0 aromatic rings.